The van der Waals surface area contributed by atoms with Gasteiger partial charge in [0.2, 0.25) is 0 Å². The molecule has 21 heavy (non-hydrogen) atoms. The highest BCUT2D eigenvalue weighted by Crippen LogP contribution is 2.40. The molecule has 0 spiro atoms. The number of hydrogen-bond donors (Lipinski definition) is 1. The summed E-state index contributed by atoms with van der Waals surface area (Å²) in [7, 11) is 0. The van der Waals surface area contributed by atoms with Crippen LogP contribution in [0.5, 0.6) is 0 Å². The van der Waals surface area contributed by atoms with Crippen molar-refractivity contribution in [3.8, 4) is 11.3 Å². The fourth-order valence-electron chi connectivity index (χ4n) is 1.92. The molecule has 1 heterocycles. The van der Waals surface area contributed by atoms with Gasteiger partial charge in [0.25, 0.3) is 0 Å². The second kappa shape index (κ2) is 4.94. The van der Waals surface area contributed by atoms with Crippen molar-refractivity contribution in [2.45, 2.75) is 12.4 Å². The molecule has 2 aromatic rings. The van der Waals surface area contributed by atoms with Crippen LogP contribution in [0.15, 0.2) is 41.3 Å². The molecule has 0 radical (unpaired) electrons. The van der Waals surface area contributed by atoms with E-state index in [2.05, 4.69) is 4.98 Å². The Balaban J connectivity index is 2.82. The molecule has 1 N–H and O–H groups in total. The molecule has 1 aromatic heterocycles. The average Bonchev–Trinajstić information content (AvgIpc) is 2.36. The largest absolute Gasteiger partial charge is 0.422 e. The van der Waals surface area contributed by atoms with Crippen molar-refractivity contribution >= 4 is 0 Å². The van der Waals surface area contributed by atoms with E-state index in [9.17, 15) is 31.1 Å². The maximum Gasteiger partial charge on any atom is 0.422 e. The standard InChI is InChI=1S/C13H7F6NO/c14-12(15,16)8-4-2-1-3-7(8)11-10(13(17,18)19)9(21)5-6-20-11/h1-6H,(H,20,21). The quantitative estimate of drug-likeness (QED) is 0.791. The molecule has 0 atom stereocenters. The number of aromatic nitrogens is 1. The summed E-state index contributed by atoms with van der Waals surface area (Å²) in [6, 6.07) is 4.36. The Labute approximate surface area is 114 Å². The van der Waals surface area contributed by atoms with Crippen LogP contribution in [0.1, 0.15) is 11.1 Å². The first-order chi connectivity index (χ1) is 9.62. The lowest BCUT2D eigenvalue weighted by atomic mass is 9.99. The first-order valence-corrected chi connectivity index (χ1v) is 5.58. The summed E-state index contributed by atoms with van der Waals surface area (Å²) in [6.45, 7) is 0. The molecule has 8 heteroatoms. The van der Waals surface area contributed by atoms with E-state index in [0.717, 1.165) is 24.4 Å². The number of nitrogens with one attached hydrogen (secondary N) is 1. The van der Waals surface area contributed by atoms with Crippen molar-refractivity contribution in [3.63, 3.8) is 0 Å². The van der Waals surface area contributed by atoms with Gasteiger partial charge in [-0.3, -0.25) is 4.79 Å². The Bertz CT molecular complexity index is 714. The molecule has 1 aromatic carbocycles. The van der Waals surface area contributed by atoms with Crippen LogP contribution in [0, 0.1) is 0 Å². The zero-order chi connectivity index (χ0) is 15.8. The van der Waals surface area contributed by atoms with E-state index < -0.39 is 40.2 Å². The van der Waals surface area contributed by atoms with Gasteiger partial charge >= 0.3 is 12.4 Å². The van der Waals surface area contributed by atoms with E-state index >= 15 is 0 Å². The van der Waals surface area contributed by atoms with Crippen molar-refractivity contribution in [3.05, 3.63) is 57.9 Å². The molecule has 0 unspecified atom stereocenters. The van der Waals surface area contributed by atoms with Crippen molar-refractivity contribution < 1.29 is 26.3 Å². The minimum atomic E-state index is -5.07. The summed E-state index contributed by atoms with van der Waals surface area (Å²) in [5, 5.41) is 0. The third-order valence-electron chi connectivity index (χ3n) is 2.74. The van der Waals surface area contributed by atoms with Crippen molar-refractivity contribution in [2.24, 2.45) is 0 Å². The molecular weight excluding hydrogens is 300 g/mol. The molecule has 0 bridgehead atoms. The predicted molar refractivity (Wildman–Crippen MR) is 62.5 cm³/mol. The van der Waals surface area contributed by atoms with E-state index in [4.69, 9.17) is 0 Å². The molecule has 0 amide bonds. The Hall–Kier alpha value is -2.25. The van der Waals surface area contributed by atoms with Crippen LogP contribution in [0.2, 0.25) is 0 Å². The second-order valence-corrected chi connectivity index (χ2v) is 4.13. The third-order valence-corrected chi connectivity index (χ3v) is 2.74. The van der Waals surface area contributed by atoms with Crippen LogP contribution in [0.4, 0.5) is 26.3 Å². The fourth-order valence-corrected chi connectivity index (χ4v) is 1.92. The van der Waals surface area contributed by atoms with Crippen LogP contribution in [0.3, 0.4) is 0 Å². The predicted octanol–water partition coefficient (Wildman–Crippen LogP) is 4.08. The number of alkyl halides is 6. The lowest BCUT2D eigenvalue weighted by molar-refractivity contribution is -0.140. The van der Waals surface area contributed by atoms with Gasteiger partial charge in [-0.1, -0.05) is 18.2 Å². The van der Waals surface area contributed by atoms with E-state index in [1.807, 2.05) is 0 Å². The van der Waals surface area contributed by atoms with Gasteiger partial charge in [-0.05, 0) is 6.07 Å². The molecule has 0 fully saturated rings. The summed E-state index contributed by atoms with van der Waals surface area (Å²) in [5.74, 6) is 0. The van der Waals surface area contributed by atoms with Gasteiger partial charge < -0.3 is 4.98 Å². The zero-order valence-electron chi connectivity index (χ0n) is 10.1. The zero-order valence-corrected chi connectivity index (χ0v) is 10.1. The molecular formula is C13H7F6NO. The Kier molecular flexibility index (Phi) is 3.56. The normalized spacial score (nSPS) is 12.5. The lowest BCUT2D eigenvalue weighted by Crippen LogP contribution is -2.21. The van der Waals surface area contributed by atoms with Gasteiger partial charge in [0.15, 0.2) is 5.43 Å². The number of benzene rings is 1. The highest BCUT2D eigenvalue weighted by molar-refractivity contribution is 5.68. The van der Waals surface area contributed by atoms with Crippen LogP contribution in [0.25, 0.3) is 11.3 Å². The second-order valence-electron chi connectivity index (χ2n) is 4.13. The molecule has 0 saturated carbocycles. The molecule has 0 aliphatic rings. The molecule has 112 valence electrons. The topological polar surface area (TPSA) is 32.9 Å². The molecule has 0 aliphatic carbocycles. The molecule has 2 nitrogen and oxygen atoms in total. The average molecular weight is 307 g/mol. The third kappa shape index (κ3) is 2.93. The van der Waals surface area contributed by atoms with Crippen LogP contribution in [-0.4, -0.2) is 4.98 Å². The van der Waals surface area contributed by atoms with E-state index in [-0.39, 0.29) is 0 Å². The highest BCUT2D eigenvalue weighted by Gasteiger charge is 2.40. The highest BCUT2D eigenvalue weighted by atomic mass is 19.4. The van der Waals surface area contributed by atoms with Crippen molar-refractivity contribution in [1.82, 2.24) is 4.98 Å². The van der Waals surface area contributed by atoms with Crippen molar-refractivity contribution in [2.75, 3.05) is 0 Å². The maximum absolute atomic E-state index is 12.9. The number of halogens is 6. The minimum absolute atomic E-state index is 0.614. The van der Waals surface area contributed by atoms with Gasteiger partial charge in [-0.15, -0.1) is 0 Å². The monoisotopic (exact) mass is 307 g/mol. The van der Waals surface area contributed by atoms with E-state index in [1.165, 1.54) is 0 Å². The molecule has 0 saturated heterocycles. The summed E-state index contributed by atoms with van der Waals surface area (Å²) in [4.78, 5) is 13.5. The number of pyridine rings is 1. The van der Waals surface area contributed by atoms with Gasteiger partial charge in [-0.2, -0.15) is 26.3 Å². The first-order valence-electron chi connectivity index (χ1n) is 5.58. The van der Waals surface area contributed by atoms with E-state index in [1.54, 1.807) is 0 Å². The first kappa shape index (κ1) is 15.1. The Morgan fingerprint density at radius 2 is 1.48 bits per heavy atom. The summed E-state index contributed by atoms with van der Waals surface area (Å²) in [5.41, 5.74) is -5.93. The van der Waals surface area contributed by atoms with Gasteiger partial charge in [0.05, 0.1) is 11.3 Å². The van der Waals surface area contributed by atoms with Crippen molar-refractivity contribution in [1.29, 1.82) is 0 Å². The van der Waals surface area contributed by atoms with Gasteiger partial charge in [-0.25, -0.2) is 0 Å². The number of H-pyrrole nitrogens is 1. The minimum Gasteiger partial charge on any atom is -0.360 e. The SMILES string of the molecule is O=c1cc[nH]c(-c2ccccc2C(F)(F)F)c1C(F)(F)F. The van der Waals surface area contributed by atoms with E-state index in [0.29, 0.717) is 12.1 Å². The fraction of sp³-hybridized carbons (Fsp3) is 0.154. The van der Waals surface area contributed by atoms with Crippen LogP contribution in [-0.2, 0) is 12.4 Å². The summed E-state index contributed by atoms with van der Waals surface area (Å²) in [6.07, 6.45) is -9.03. The van der Waals surface area contributed by atoms with Crippen LogP contribution < -0.4 is 5.43 Å². The number of rotatable bonds is 1. The Morgan fingerprint density at radius 3 is 2.05 bits per heavy atom. The Morgan fingerprint density at radius 1 is 0.857 bits per heavy atom. The van der Waals surface area contributed by atoms with Gasteiger partial charge in [0.1, 0.15) is 5.56 Å². The summed E-state index contributed by atoms with van der Waals surface area (Å²) < 4.78 is 77.4. The van der Waals surface area contributed by atoms with Gasteiger partial charge in [0, 0.05) is 17.8 Å². The number of aromatic amines is 1. The number of hydrogen-bond acceptors (Lipinski definition) is 1. The molecule has 0 aliphatic heterocycles. The lowest BCUT2D eigenvalue weighted by Gasteiger charge is -2.16. The van der Waals surface area contributed by atoms with Crippen LogP contribution >= 0.6 is 0 Å². The smallest absolute Gasteiger partial charge is 0.360 e. The maximum atomic E-state index is 12.9. The molecule has 2 rings (SSSR count). The summed E-state index contributed by atoms with van der Waals surface area (Å²) >= 11 is 0.